The Morgan fingerprint density at radius 1 is 0.536 bits per heavy atom. The van der Waals surface area contributed by atoms with E-state index in [4.69, 9.17) is 9.05 Å². The maximum Gasteiger partial charge on any atom is 0.697 e. The van der Waals surface area contributed by atoms with Crippen molar-refractivity contribution in [2.75, 3.05) is 13.2 Å². The molecule has 0 aromatic carbocycles. The van der Waals surface area contributed by atoms with E-state index >= 15 is 0 Å². The van der Waals surface area contributed by atoms with Crippen molar-refractivity contribution in [2.45, 2.75) is 130 Å². The van der Waals surface area contributed by atoms with Crippen molar-refractivity contribution >= 4 is 8.25 Å². The molecule has 3 nitrogen and oxygen atoms in total. The molecule has 0 saturated carbocycles. The minimum atomic E-state index is -1.94. The molecular formula is C24H50O3P+. The third-order valence-corrected chi connectivity index (χ3v) is 6.56. The van der Waals surface area contributed by atoms with Gasteiger partial charge in [0.2, 0.25) is 0 Å². The molecule has 0 aromatic heterocycles. The summed E-state index contributed by atoms with van der Waals surface area (Å²) in [6.45, 7) is 10.2. The molecule has 0 atom stereocenters. The molecule has 0 N–H and O–H groups in total. The topological polar surface area (TPSA) is 35.5 Å². The normalized spacial score (nSPS) is 11.6. The van der Waals surface area contributed by atoms with Gasteiger partial charge >= 0.3 is 8.25 Å². The highest BCUT2D eigenvalue weighted by Crippen LogP contribution is 2.28. The Kier molecular flexibility index (Phi) is 21.7. The van der Waals surface area contributed by atoms with E-state index in [2.05, 4.69) is 27.7 Å². The largest absolute Gasteiger partial charge is 0.697 e. The second kappa shape index (κ2) is 21.7. The van der Waals surface area contributed by atoms with E-state index in [1.807, 2.05) is 0 Å². The van der Waals surface area contributed by atoms with Gasteiger partial charge in [-0.25, -0.2) is 0 Å². The van der Waals surface area contributed by atoms with Crippen molar-refractivity contribution in [3.63, 3.8) is 0 Å². The third kappa shape index (κ3) is 18.1. The molecule has 0 aromatic rings. The van der Waals surface area contributed by atoms with Gasteiger partial charge in [-0.05, 0) is 37.5 Å². The highest BCUT2D eigenvalue weighted by molar-refractivity contribution is 7.33. The smallest absolute Gasteiger partial charge is 0.119 e. The minimum absolute atomic E-state index is 0.569. The molecule has 0 aliphatic rings. The molecule has 0 unspecified atom stereocenters. The highest BCUT2D eigenvalue weighted by atomic mass is 31.1. The summed E-state index contributed by atoms with van der Waals surface area (Å²) in [6.07, 6.45) is 20.1. The molecule has 0 heterocycles. The Balaban J connectivity index is 3.81. The molecular weight excluding hydrogens is 367 g/mol. The Bertz CT molecular complexity index is 290. The number of hydrogen-bond donors (Lipinski definition) is 0. The first-order valence-corrected chi connectivity index (χ1v) is 13.5. The molecule has 0 rings (SSSR count). The quantitative estimate of drug-likeness (QED) is 0.130. The van der Waals surface area contributed by atoms with Crippen molar-refractivity contribution in [3.8, 4) is 0 Å². The molecule has 0 bridgehead atoms. The lowest BCUT2D eigenvalue weighted by Crippen LogP contribution is -2.03. The van der Waals surface area contributed by atoms with Crippen LogP contribution in [0.25, 0.3) is 0 Å². The zero-order valence-electron chi connectivity index (χ0n) is 19.6. The van der Waals surface area contributed by atoms with E-state index in [-0.39, 0.29) is 0 Å². The molecule has 168 valence electrons. The maximum absolute atomic E-state index is 11.9. The van der Waals surface area contributed by atoms with Crippen LogP contribution in [0.3, 0.4) is 0 Å². The van der Waals surface area contributed by atoms with Crippen molar-refractivity contribution in [3.05, 3.63) is 0 Å². The Hall–Kier alpha value is 0.0200. The molecule has 0 radical (unpaired) electrons. The van der Waals surface area contributed by atoms with E-state index in [1.54, 1.807) is 0 Å². The summed E-state index contributed by atoms with van der Waals surface area (Å²) in [5.74, 6) is 1.62. The lowest BCUT2D eigenvalue weighted by Gasteiger charge is -2.15. The van der Waals surface area contributed by atoms with E-state index < -0.39 is 8.25 Å². The van der Waals surface area contributed by atoms with Gasteiger partial charge in [0.15, 0.2) is 0 Å². The van der Waals surface area contributed by atoms with E-state index in [0.717, 1.165) is 24.7 Å². The SMILES string of the molecule is CCCCC(CCCC)CCCO[P+](=O)OCCCC(CCCC)CCCC. The summed E-state index contributed by atoms with van der Waals surface area (Å²) < 4.78 is 22.8. The second-order valence-corrected chi connectivity index (χ2v) is 9.44. The zero-order valence-corrected chi connectivity index (χ0v) is 20.4. The summed E-state index contributed by atoms with van der Waals surface area (Å²) in [6, 6.07) is 0. The number of unbranched alkanes of at least 4 members (excludes halogenated alkanes) is 4. The van der Waals surface area contributed by atoms with Crippen LogP contribution in [0.4, 0.5) is 0 Å². The summed E-state index contributed by atoms with van der Waals surface area (Å²) in [5, 5.41) is 0. The first-order valence-electron chi connectivity index (χ1n) is 12.4. The van der Waals surface area contributed by atoms with Crippen molar-refractivity contribution < 1.29 is 13.6 Å². The van der Waals surface area contributed by atoms with Crippen LogP contribution < -0.4 is 0 Å². The molecule has 0 aliphatic heterocycles. The second-order valence-electron chi connectivity index (χ2n) is 8.48. The van der Waals surface area contributed by atoms with Gasteiger partial charge in [0.1, 0.15) is 13.2 Å². The van der Waals surface area contributed by atoms with Crippen LogP contribution in [-0.2, 0) is 13.6 Å². The number of hydrogen-bond acceptors (Lipinski definition) is 3. The lowest BCUT2D eigenvalue weighted by molar-refractivity contribution is 0.208. The lowest BCUT2D eigenvalue weighted by atomic mass is 9.92. The van der Waals surface area contributed by atoms with Crippen molar-refractivity contribution in [1.29, 1.82) is 0 Å². The fourth-order valence-corrected chi connectivity index (χ4v) is 4.53. The highest BCUT2D eigenvalue weighted by Gasteiger charge is 2.20. The van der Waals surface area contributed by atoms with Crippen molar-refractivity contribution in [1.82, 2.24) is 0 Å². The minimum Gasteiger partial charge on any atom is -0.119 e. The first kappa shape index (κ1) is 28.0. The summed E-state index contributed by atoms with van der Waals surface area (Å²) in [7, 11) is -1.94. The predicted octanol–water partition coefficient (Wildman–Crippen LogP) is 9.23. The zero-order chi connectivity index (χ0) is 20.9. The monoisotopic (exact) mass is 417 g/mol. The Labute approximate surface area is 177 Å². The Morgan fingerprint density at radius 2 is 0.821 bits per heavy atom. The van der Waals surface area contributed by atoms with Gasteiger partial charge in [0.05, 0.1) is 0 Å². The fraction of sp³-hybridized carbons (Fsp3) is 1.00. The van der Waals surface area contributed by atoms with Gasteiger partial charge in [-0.1, -0.05) is 105 Å². The van der Waals surface area contributed by atoms with Gasteiger partial charge < -0.3 is 0 Å². The third-order valence-electron chi connectivity index (χ3n) is 5.77. The van der Waals surface area contributed by atoms with Crippen LogP contribution in [0.2, 0.25) is 0 Å². The molecule has 0 amide bonds. The van der Waals surface area contributed by atoms with Crippen LogP contribution in [0.1, 0.15) is 130 Å². The average molecular weight is 418 g/mol. The van der Waals surface area contributed by atoms with Crippen LogP contribution in [-0.4, -0.2) is 13.2 Å². The Morgan fingerprint density at radius 3 is 1.11 bits per heavy atom. The van der Waals surface area contributed by atoms with Gasteiger partial charge in [-0.3, -0.25) is 0 Å². The van der Waals surface area contributed by atoms with Crippen LogP contribution >= 0.6 is 8.25 Å². The maximum atomic E-state index is 11.9. The van der Waals surface area contributed by atoms with Crippen molar-refractivity contribution in [2.24, 2.45) is 11.8 Å². The average Bonchev–Trinajstić information content (AvgIpc) is 2.71. The fourth-order valence-electron chi connectivity index (χ4n) is 3.90. The standard InChI is InChI=1S/C24H50O3P/c1-5-9-15-23(16-10-6-2)19-13-21-26-28(25)27-22-14-20-24(17-11-7-3)18-12-8-4/h23-24H,5-22H2,1-4H3/q+1. The van der Waals surface area contributed by atoms with Crippen LogP contribution in [0, 0.1) is 11.8 Å². The molecule has 0 aliphatic carbocycles. The van der Waals surface area contributed by atoms with Gasteiger partial charge in [-0.15, -0.1) is 9.05 Å². The van der Waals surface area contributed by atoms with Gasteiger partial charge in [-0.2, -0.15) is 0 Å². The first-order chi connectivity index (χ1) is 13.7. The van der Waals surface area contributed by atoms with E-state index in [0.29, 0.717) is 13.2 Å². The summed E-state index contributed by atoms with van der Waals surface area (Å²) >= 11 is 0. The molecule has 0 saturated heterocycles. The number of rotatable bonds is 22. The molecule has 0 spiro atoms. The summed E-state index contributed by atoms with van der Waals surface area (Å²) in [5.41, 5.74) is 0. The summed E-state index contributed by atoms with van der Waals surface area (Å²) in [4.78, 5) is 0. The molecule has 28 heavy (non-hydrogen) atoms. The predicted molar refractivity (Wildman–Crippen MR) is 123 cm³/mol. The van der Waals surface area contributed by atoms with Crippen LogP contribution in [0.15, 0.2) is 0 Å². The van der Waals surface area contributed by atoms with Gasteiger partial charge in [0, 0.05) is 4.57 Å². The molecule has 0 fully saturated rings. The van der Waals surface area contributed by atoms with Crippen LogP contribution in [0.5, 0.6) is 0 Å². The molecule has 4 heteroatoms. The van der Waals surface area contributed by atoms with E-state index in [1.165, 1.54) is 89.9 Å². The van der Waals surface area contributed by atoms with E-state index in [9.17, 15) is 4.57 Å². The van der Waals surface area contributed by atoms with Gasteiger partial charge in [0.25, 0.3) is 0 Å².